The number of rotatable bonds is 2. The van der Waals surface area contributed by atoms with Crippen molar-refractivity contribution in [3.63, 3.8) is 0 Å². The normalized spacial score (nSPS) is 24.0. The van der Waals surface area contributed by atoms with Crippen molar-refractivity contribution in [1.29, 1.82) is 0 Å². The third kappa shape index (κ3) is 2.92. The van der Waals surface area contributed by atoms with Gasteiger partial charge in [0.05, 0.1) is 0 Å². The predicted molar refractivity (Wildman–Crippen MR) is 49.9 cm³/mol. The van der Waals surface area contributed by atoms with E-state index in [2.05, 4.69) is 10.0 Å². The molecule has 0 N–H and O–H groups in total. The Morgan fingerprint density at radius 1 is 1.23 bits per heavy atom. The highest BCUT2D eigenvalue weighted by Gasteiger charge is 2.07. The van der Waals surface area contributed by atoms with Gasteiger partial charge in [0, 0.05) is 10.6 Å². The summed E-state index contributed by atoms with van der Waals surface area (Å²) in [7, 11) is 0. The molecule has 0 unspecified atom stereocenters. The van der Waals surface area contributed by atoms with Crippen LogP contribution >= 0.6 is 0 Å². The molecule has 0 bridgehead atoms. The van der Waals surface area contributed by atoms with Crippen LogP contribution in [-0.4, -0.2) is 6.29 Å². The Kier molecular flexibility index (Phi) is 4.06. The molecule has 13 heavy (non-hydrogen) atoms. The summed E-state index contributed by atoms with van der Waals surface area (Å²) in [6.45, 7) is 0. The third-order valence-corrected chi connectivity index (χ3v) is 2.29. The standard InChI is InChI=1S/C9H13N3O/c10-12-11-9-6-4-2-1-3-5-8(9)7-13/h7H,1-6H2/b9-8+. The zero-order valence-corrected chi connectivity index (χ0v) is 7.57. The smallest absolute Gasteiger partial charge is 0.146 e. The molecule has 1 aliphatic carbocycles. The first kappa shape index (κ1) is 9.81. The molecule has 1 aliphatic rings. The number of azide groups is 1. The average molecular weight is 179 g/mol. The number of carbonyl (C=O) groups excluding carboxylic acids is 1. The van der Waals surface area contributed by atoms with Gasteiger partial charge in [0.2, 0.25) is 0 Å². The van der Waals surface area contributed by atoms with E-state index in [0.29, 0.717) is 11.3 Å². The van der Waals surface area contributed by atoms with Crippen molar-refractivity contribution in [3.8, 4) is 0 Å². The van der Waals surface area contributed by atoms with Crippen LogP contribution in [0.3, 0.4) is 0 Å². The van der Waals surface area contributed by atoms with Gasteiger partial charge in [-0.15, -0.1) is 0 Å². The molecule has 1 rings (SSSR count). The molecule has 0 heterocycles. The van der Waals surface area contributed by atoms with Crippen LogP contribution in [0.5, 0.6) is 0 Å². The van der Waals surface area contributed by atoms with Crippen molar-refractivity contribution in [2.45, 2.75) is 38.5 Å². The maximum Gasteiger partial charge on any atom is 0.146 e. The van der Waals surface area contributed by atoms with Crippen LogP contribution in [0.15, 0.2) is 16.4 Å². The second-order valence-electron chi connectivity index (χ2n) is 3.19. The fourth-order valence-electron chi connectivity index (χ4n) is 1.56. The van der Waals surface area contributed by atoms with Gasteiger partial charge in [0.25, 0.3) is 0 Å². The second kappa shape index (κ2) is 5.38. The SMILES string of the molecule is [N-]=[N+]=N/C1=C(/C=O)CCCCCC1. The summed E-state index contributed by atoms with van der Waals surface area (Å²) < 4.78 is 0. The van der Waals surface area contributed by atoms with Gasteiger partial charge in [-0.05, 0) is 36.8 Å². The first-order chi connectivity index (χ1) is 6.38. The van der Waals surface area contributed by atoms with Crippen LogP contribution in [0, 0.1) is 0 Å². The Morgan fingerprint density at radius 3 is 2.54 bits per heavy atom. The molecule has 0 aromatic heterocycles. The van der Waals surface area contributed by atoms with E-state index in [9.17, 15) is 4.79 Å². The minimum absolute atomic E-state index is 0.650. The van der Waals surface area contributed by atoms with E-state index >= 15 is 0 Å². The number of aldehydes is 1. The van der Waals surface area contributed by atoms with Gasteiger partial charge in [-0.25, -0.2) is 0 Å². The second-order valence-corrected chi connectivity index (χ2v) is 3.19. The molecule has 0 saturated heterocycles. The zero-order valence-electron chi connectivity index (χ0n) is 7.57. The molecule has 0 amide bonds. The van der Waals surface area contributed by atoms with E-state index in [1.165, 1.54) is 6.42 Å². The van der Waals surface area contributed by atoms with E-state index in [-0.39, 0.29) is 0 Å². The minimum Gasteiger partial charge on any atom is -0.298 e. The highest BCUT2D eigenvalue weighted by atomic mass is 16.1. The number of allylic oxidation sites excluding steroid dienone is 2. The Bertz CT molecular complexity index is 264. The fourth-order valence-corrected chi connectivity index (χ4v) is 1.56. The van der Waals surface area contributed by atoms with Crippen molar-refractivity contribution >= 4 is 6.29 Å². The van der Waals surface area contributed by atoms with Crippen LogP contribution in [-0.2, 0) is 4.79 Å². The van der Waals surface area contributed by atoms with Crippen LogP contribution in [0.25, 0.3) is 10.4 Å². The Labute approximate surface area is 77.3 Å². The lowest BCUT2D eigenvalue weighted by molar-refractivity contribution is -0.105. The molecular formula is C9H13N3O. The molecule has 0 atom stereocenters. The molecule has 0 aromatic carbocycles. The Morgan fingerprint density at radius 2 is 1.92 bits per heavy atom. The van der Waals surface area contributed by atoms with E-state index in [4.69, 9.17) is 5.53 Å². The first-order valence-corrected chi connectivity index (χ1v) is 4.61. The van der Waals surface area contributed by atoms with Gasteiger partial charge < -0.3 is 0 Å². The van der Waals surface area contributed by atoms with E-state index < -0.39 is 0 Å². The van der Waals surface area contributed by atoms with Gasteiger partial charge in [-0.3, -0.25) is 4.79 Å². The highest BCUT2D eigenvalue weighted by molar-refractivity contribution is 5.74. The van der Waals surface area contributed by atoms with Gasteiger partial charge in [-0.1, -0.05) is 18.0 Å². The van der Waals surface area contributed by atoms with Crippen LogP contribution in [0.1, 0.15) is 38.5 Å². The summed E-state index contributed by atoms with van der Waals surface area (Å²) in [6.07, 6.45) is 6.72. The molecule has 0 aliphatic heterocycles. The first-order valence-electron chi connectivity index (χ1n) is 4.61. The summed E-state index contributed by atoms with van der Waals surface area (Å²) in [4.78, 5) is 13.4. The van der Waals surface area contributed by atoms with Crippen LogP contribution < -0.4 is 0 Å². The number of nitrogens with zero attached hydrogens (tertiary/aromatic N) is 3. The van der Waals surface area contributed by atoms with Gasteiger partial charge >= 0.3 is 0 Å². The monoisotopic (exact) mass is 179 g/mol. The zero-order chi connectivity index (χ0) is 9.52. The van der Waals surface area contributed by atoms with Gasteiger partial charge in [-0.2, -0.15) is 0 Å². The molecule has 70 valence electrons. The van der Waals surface area contributed by atoms with Crippen LogP contribution in [0.4, 0.5) is 0 Å². The Hall–Kier alpha value is -1.28. The van der Waals surface area contributed by atoms with Crippen molar-refractivity contribution in [2.75, 3.05) is 0 Å². The summed E-state index contributed by atoms with van der Waals surface area (Å²) in [5.74, 6) is 0. The van der Waals surface area contributed by atoms with Crippen molar-refractivity contribution < 1.29 is 4.79 Å². The molecule has 0 aromatic rings. The Balaban J connectivity index is 2.85. The predicted octanol–water partition coefficient (Wildman–Crippen LogP) is 3.10. The lowest BCUT2D eigenvalue weighted by Crippen LogP contribution is -1.96. The molecule has 0 spiro atoms. The minimum atomic E-state index is 0.650. The van der Waals surface area contributed by atoms with Crippen molar-refractivity contribution in [3.05, 3.63) is 21.7 Å². The number of hydrogen-bond acceptors (Lipinski definition) is 2. The molecule has 4 nitrogen and oxygen atoms in total. The number of carbonyl (C=O) groups is 1. The van der Waals surface area contributed by atoms with Crippen molar-refractivity contribution in [2.24, 2.45) is 5.11 Å². The third-order valence-electron chi connectivity index (χ3n) is 2.29. The van der Waals surface area contributed by atoms with Gasteiger partial charge in [0.1, 0.15) is 6.29 Å². The summed E-state index contributed by atoms with van der Waals surface area (Å²) >= 11 is 0. The quantitative estimate of drug-likeness (QED) is 0.278. The van der Waals surface area contributed by atoms with Crippen LogP contribution in [0.2, 0.25) is 0 Å². The number of hydrogen-bond donors (Lipinski definition) is 0. The topological polar surface area (TPSA) is 65.8 Å². The summed E-state index contributed by atoms with van der Waals surface area (Å²) in [6, 6.07) is 0. The van der Waals surface area contributed by atoms with E-state index in [1.54, 1.807) is 0 Å². The maximum absolute atomic E-state index is 10.7. The molecular weight excluding hydrogens is 166 g/mol. The maximum atomic E-state index is 10.7. The van der Waals surface area contributed by atoms with E-state index in [0.717, 1.165) is 38.4 Å². The molecule has 4 heteroatoms. The summed E-state index contributed by atoms with van der Waals surface area (Å²) in [5.41, 5.74) is 9.64. The molecule has 0 saturated carbocycles. The highest BCUT2D eigenvalue weighted by Crippen LogP contribution is 2.22. The van der Waals surface area contributed by atoms with E-state index in [1.807, 2.05) is 0 Å². The van der Waals surface area contributed by atoms with Gasteiger partial charge in [0.15, 0.2) is 0 Å². The lowest BCUT2D eigenvalue weighted by Gasteiger charge is -2.10. The molecule has 0 radical (unpaired) electrons. The average Bonchev–Trinajstić information content (AvgIpc) is 2.10. The molecule has 0 fully saturated rings. The van der Waals surface area contributed by atoms with Crippen molar-refractivity contribution in [1.82, 2.24) is 0 Å². The largest absolute Gasteiger partial charge is 0.298 e. The summed E-state index contributed by atoms with van der Waals surface area (Å²) in [5, 5.41) is 3.57. The fraction of sp³-hybridized carbons (Fsp3) is 0.667. The lowest BCUT2D eigenvalue weighted by atomic mass is 9.98.